The Morgan fingerprint density at radius 1 is 1.15 bits per heavy atom. The van der Waals surface area contributed by atoms with Gasteiger partial charge >= 0.3 is 0 Å². The Bertz CT molecular complexity index is 884. The molecule has 0 unspecified atom stereocenters. The molecule has 26 heavy (non-hydrogen) atoms. The first-order chi connectivity index (χ1) is 12.7. The fraction of sp³-hybridized carbons (Fsp3) is 0.350. The van der Waals surface area contributed by atoms with Crippen LogP contribution in [0.15, 0.2) is 43.0 Å². The second kappa shape index (κ2) is 7.25. The first-order valence-electron chi connectivity index (χ1n) is 8.96. The summed E-state index contributed by atoms with van der Waals surface area (Å²) in [7, 11) is 0. The van der Waals surface area contributed by atoms with Gasteiger partial charge in [0.2, 0.25) is 6.79 Å². The quantitative estimate of drug-likeness (QED) is 0.664. The van der Waals surface area contributed by atoms with E-state index >= 15 is 0 Å². The van der Waals surface area contributed by atoms with Gasteiger partial charge in [-0.2, -0.15) is 0 Å². The fourth-order valence-electron chi connectivity index (χ4n) is 3.46. The minimum Gasteiger partial charge on any atom is -0.454 e. The molecule has 0 spiro atoms. The molecule has 0 atom stereocenters. The van der Waals surface area contributed by atoms with Crippen molar-refractivity contribution in [1.29, 1.82) is 0 Å². The van der Waals surface area contributed by atoms with Gasteiger partial charge in [0.1, 0.15) is 0 Å². The Hall–Kier alpha value is -2.73. The van der Waals surface area contributed by atoms with Crippen molar-refractivity contribution >= 4 is 0 Å². The smallest absolute Gasteiger partial charge is 0.231 e. The van der Waals surface area contributed by atoms with E-state index in [1.54, 1.807) is 0 Å². The van der Waals surface area contributed by atoms with Crippen molar-refractivity contribution < 1.29 is 9.47 Å². The van der Waals surface area contributed by atoms with Crippen molar-refractivity contribution in [2.75, 3.05) is 13.3 Å². The summed E-state index contributed by atoms with van der Waals surface area (Å²) in [4.78, 5) is 4.07. The predicted octanol–water partition coefficient (Wildman–Crippen LogP) is 3.20. The zero-order valence-electron chi connectivity index (χ0n) is 15.2. The molecular weight excluding hydrogens is 328 g/mol. The van der Waals surface area contributed by atoms with Crippen LogP contribution in [-0.2, 0) is 13.1 Å². The molecule has 1 aliphatic heterocycles. The highest BCUT2D eigenvalue weighted by Gasteiger charge is 2.16. The van der Waals surface area contributed by atoms with E-state index in [4.69, 9.17) is 9.47 Å². The molecule has 0 radical (unpaired) electrons. The normalized spacial score (nSPS) is 12.7. The summed E-state index contributed by atoms with van der Waals surface area (Å²) in [5.41, 5.74) is 4.90. The van der Waals surface area contributed by atoms with E-state index in [-0.39, 0.29) is 0 Å². The van der Waals surface area contributed by atoms with Gasteiger partial charge < -0.3 is 23.9 Å². The summed E-state index contributed by atoms with van der Waals surface area (Å²) in [6.07, 6.45) is 6.76. The lowest BCUT2D eigenvalue weighted by atomic mass is 10.2. The lowest BCUT2D eigenvalue weighted by molar-refractivity contribution is 0.174. The number of nitrogens with one attached hydrogen (secondary N) is 1. The van der Waals surface area contributed by atoms with Crippen molar-refractivity contribution in [3.63, 3.8) is 0 Å². The van der Waals surface area contributed by atoms with Gasteiger partial charge in [-0.1, -0.05) is 0 Å². The molecule has 1 aromatic carbocycles. The topological polar surface area (TPSA) is 53.2 Å². The molecule has 0 bridgehead atoms. The van der Waals surface area contributed by atoms with Crippen LogP contribution in [0.2, 0.25) is 0 Å². The second-order valence-electron chi connectivity index (χ2n) is 6.60. The molecule has 0 aliphatic carbocycles. The standard InChI is InChI=1S/C20H24N4O2/c1-15-10-17(12-21-6-3-8-23-9-7-22-13-23)16(2)24(15)18-4-5-19-20(11-18)26-14-25-19/h4-5,7,9-11,13,21H,3,6,8,12,14H2,1-2H3. The average Bonchev–Trinajstić information content (AvgIpc) is 3.35. The number of benzene rings is 1. The third-order valence-corrected chi connectivity index (χ3v) is 4.79. The summed E-state index contributed by atoms with van der Waals surface area (Å²) >= 11 is 0. The lowest BCUT2D eigenvalue weighted by Crippen LogP contribution is -2.16. The van der Waals surface area contributed by atoms with Crippen LogP contribution in [0.1, 0.15) is 23.4 Å². The third-order valence-electron chi connectivity index (χ3n) is 4.79. The largest absolute Gasteiger partial charge is 0.454 e. The minimum absolute atomic E-state index is 0.302. The summed E-state index contributed by atoms with van der Waals surface area (Å²) in [6, 6.07) is 8.36. The summed E-state index contributed by atoms with van der Waals surface area (Å²) in [6.45, 7) is 7.44. The third kappa shape index (κ3) is 3.32. The van der Waals surface area contributed by atoms with E-state index in [2.05, 4.69) is 45.4 Å². The van der Waals surface area contributed by atoms with Crippen LogP contribution < -0.4 is 14.8 Å². The number of aryl methyl sites for hydroxylation is 2. The van der Waals surface area contributed by atoms with Crippen molar-refractivity contribution in [2.45, 2.75) is 33.4 Å². The number of ether oxygens (including phenoxy) is 2. The maximum Gasteiger partial charge on any atom is 0.231 e. The SMILES string of the molecule is Cc1cc(CNCCCn2ccnc2)c(C)n1-c1ccc2c(c1)OCO2. The Morgan fingerprint density at radius 2 is 2.04 bits per heavy atom. The summed E-state index contributed by atoms with van der Waals surface area (Å²) < 4.78 is 15.3. The van der Waals surface area contributed by atoms with Gasteiger partial charge in [0.05, 0.1) is 6.33 Å². The maximum atomic E-state index is 5.52. The Balaban J connectivity index is 1.40. The van der Waals surface area contributed by atoms with Crippen LogP contribution in [0.3, 0.4) is 0 Å². The number of fused-ring (bicyclic) bond motifs is 1. The molecule has 136 valence electrons. The van der Waals surface area contributed by atoms with Crippen LogP contribution in [0.4, 0.5) is 0 Å². The highest BCUT2D eigenvalue weighted by atomic mass is 16.7. The molecule has 6 nitrogen and oxygen atoms in total. The van der Waals surface area contributed by atoms with E-state index in [9.17, 15) is 0 Å². The number of hydrogen-bond donors (Lipinski definition) is 1. The molecule has 0 saturated heterocycles. The molecule has 0 fully saturated rings. The molecule has 1 aliphatic rings. The van der Waals surface area contributed by atoms with Gasteiger partial charge in [-0.15, -0.1) is 0 Å². The van der Waals surface area contributed by atoms with E-state index in [1.807, 2.05) is 30.9 Å². The van der Waals surface area contributed by atoms with Gasteiger partial charge in [0.25, 0.3) is 0 Å². The van der Waals surface area contributed by atoms with Crippen LogP contribution in [0, 0.1) is 13.8 Å². The molecule has 6 heteroatoms. The van der Waals surface area contributed by atoms with E-state index < -0.39 is 0 Å². The second-order valence-corrected chi connectivity index (χ2v) is 6.60. The van der Waals surface area contributed by atoms with Gasteiger partial charge in [-0.25, -0.2) is 4.98 Å². The van der Waals surface area contributed by atoms with Crippen molar-refractivity contribution in [1.82, 2.24) is 19.4 Å². The Labute approximate surface area is 153 Å². The summed E-state index contributed by atoms with van der Waals surface area (Å²) in [5, 5.41) is 3.55. The van der Waals surface area contributed by atoms with Crippen LogP contribution in [0.5, 0.6) is 11.5 Å². The molecule has 3 aromatic rings. The minimum atomic E-state index is 0.302. The average molecular weight is 352 g/mol. The number of nitrogens with zero attached hydrogens (tertiary/aromatic N) is 3. The summed E-state index contributed by atoms with van der Waals surface area (Å²) in [5.74, 6) is 1.63. The molecule has 2 aromatic heterocycles. The van der Waals surface area contributed by atoms with E-state index in [0.717, 1.165) is 43.2 Å². The fourth-order valence-corrected chi connectivity index (χ4v) is 3.46. The zero-order chi connectivity index (χ0) is 17.9. The molecule has 3 heterocycles. The first kappa shape index (κ1) is 16.7. The van der Waals surface area contributed by atoms with E-state index in [1.165, 1.54) is 17.0 Å². The number of imidazole rings is 1. The van der Waals surface area contributed by atoms with Crippen molar-refractivity contribution in [2.24, 2.45) is 0 Å². The van der Waals surface area contributed by atoms with Crippen LogP contribution in [-0.4, -0.2) is 27.5 Å². The van der Waals surface area contributed by atoms with Gasteiger partial charge in [-0.3, -0.25) is 0 Å². The van der Waals surface area contributed by atoms with Gasteiger partial charge in [0, 0.05) is 48.6 Å². The molecule has 0 saturated carbocycles. The first-order valence-corrected chi connectivity index (χ1v) is 8.96. The number of aromatic nitrogens is 3. The van der Waals surface area contributed by atoms with Gasteiger partial charge in [-0.05, 0) is 50.6 Å². The van der Waals surface area contributed by atoms with Gasteiger partial charge in [0.15, 0.2) is 11.5 Å². The van der Waals surface area contributed by atoms with Crippen LogP contribution >= 0.6 is 0 Å². The number of hydrogen-bond acceptors (Lipinski definition) is 4. The molecular formula is C20H24N4O2. The molecule has 4 rings (SSSR count). The maximum absolute atomic E-state index is 5.52. The Morgan fingerprint density at radius 3 is 2.88 bits per heavy atom. The van der Waals surface area contributed by atoms with E-state index in [0.29, 0.717) is 6.79 Å². The van der Waals surface area contributed by atoms with Crippen molar-refractivity contribution in [3.8, 4) is 17.2 Å². The highest BCUT2D eigenvalue weighted by molar-refractivity contribution is 5.52. The monoisotopic (exact) mass is 352 g/mol. The molecule has 0 amide bonds. The zero-order valence-corrected chi connectivity index (χ0v) is 15.2. The number of rotatable bonds is 7. The lowest BCUT2D eigenvalue weighted by Gasteiger charge is -2.11. The Kier molecular flexibility index (Phi) is 4.67. The van der Waals surface area contributed by atoms with Crippen LogP contribution in [0.25, 0.3) is 5.69 Å². The van der Waals surface area contributed by atoms with Crippen molar-refractivity contribution in [3.05, 3.63) is 59.9 Å². The predicted molar refractivity (Wildman–Crippen MR) is 99.9 cm³/mol. The molecule has 1 N–H and O–H groups in total. The highest BCUT2D eigenvalue weighted by Crippen LogP contribution is 2.34.